The van der Waals surface area contributed by atoms with Crippen molar-refractivity contribution >= 4 is 11.9 Å². The van der Waals surface area contributed by atoms with Gasteiger partial charge in [0.1, 0.15) is 0 Å². The minimum atomic E-state index is -0.201. The van der Waals surface area contributed by atoms with Crippen LogP contribution in [0.15, 0.2) is 47.1 Å². The summed E-state index contributed by atoms with van der Waals surface area (Å²) in [6.45, 7) is 0.844. The quantitative estimate of drug-likeness (QED) is 0.776. The van der Waals surface area contributed by atoms with Gasteiger partial charge in [-0.25, -0.2) is 9.97 Å². The lowest BCUT2D eigenvalue weighted by atomic mass is 10.1. The Hall–Kier alpha value is -3.22. The molecule has 114 valence electrons. The number of nitrogen functional groups attached to an aromatic ring is 1. The van der Waals surface area contributed by atoms with Gasteiger partial charge in [0, 0.05) is 29.9 Å². The van der Waals surface area contributed by atoms with E-state index in [0.29, 0.717) is 18.8 Å². The number of carbonyl (C=O) groups is 1. The van der Waals surface area contributed by atoms with Gasteiger partial charge >= 0.3 is 0 Å². The van der Waals surface area contributed by atoms with Crippen LogP contribution in [0.4, 0.5) is 5.95 Å². The number of nitrogens with zero attached hydrogens (tertiary/aromatic N) is 4. The molecule has 7 heteroatoms. The number of hydrogen-bond acceptors (Lipinski definition) is 6. The van der Waals surface area contributed by atoms with Gasteiger partial charge in [0.15, 0.2) is 11.5 Å². The first kappa shape index (κ1) is 13.4. The first-order chi connectivity index (χ1) is 11.2. The third-order valence-corrected chi connectivity index (χ3v) is 3.75. The number of rotatable bonds is 2. The molecule has 0 fully saturated rings. The molecule has 7 nitrogen and oxygen atoms in total. The SMILES string of the molecule is Nc1ncc2c(n1)CN(C(=O)c1cc(-c3ccccc3)on1)C2. The smallest absolute Gasteiger partial charge is 0.276 e. The maximum Gasteiger partial charge on any atom is 0.276 e. The zero-order valence-electron chi connectivity index (χ0n) is 12.1. The fraction of sp³-hybridized carbons (Fsp3) is 0.125. The van der Waals surface area contributed by atoms with E-state index in [-0.39, 0.29) is 17.5 Å². The summed E-state index contributed by atoms with van der Waals surface area (Å²) in [5.41, 5.74) is 8.41. The van der Waals surface area contributed by atoms with Crippen LogP contribution in [0.1, 0.15) is 21.7 Å². The minimum Gasteiger partial charge on any atom is -0.368 e. The Kier molecular flexibility index (Phi) is 3.04. The molecule has 1 aliphatic heterocycles. The van der Waals surface area contributed by atoms with Crippen molar-refractivity contribution < 1.29 is 9.32 Å². The number of fused-ring (bicyclic) bond motifs is 1. The first-order valence-electron chi connectivity index (χ1n) is 7.12. The third-order valence-electron chi connectivity index (χ3n) is 3.75. The second-order valence-electron chi connectivity index (χ2n) is 5.30. The normalized spacial score (nSPS) is 13.1. The molecule has 2 N–H and O–H groups in total. The van der Waals surface area contributed by atoms with E-state index in [1.807, 2.05) is 30.3 Å². The average Bonchev–Trinajstić information content (AvgIpc) is 3.21. The number of carbonyl (C=O) groups excluding carboxylic acids is 1. The van der Waals surface area contributed by atoms with E-state index in [4.69, 9.17) is 10.3 Å². The van der Waals surface area contributed by atoms with Gasteiger partial charge in [0.25, 0.3) is 5.91 Å². The summed E-state index contributed by atoms with van der Waals surface area (Å²) in [6.07, 6.45) is 1.66. The summed E-state index contributed by atoms with van der Waals surface area (Å²) in [4.78, 5) is 22.3. The molecule has 4 rings (SSSR count). The zero-order valence-corrected chi connectivity index (χ0v) is 12.1. The Morgan fingerprint density at radius 3 is 2.87 bits per heavy atom. The number of aromatic nitrogens is 3. The molecular weight excluding hydrogens is 294 g/mol. The highest BCUT2D eigenvalue weighted by Gasteiger charge is 2.28. The average molecular weight is 307 g/mol. The fourth-order valence-electron chi connectivity index (χ4n) is 2.59. The molecule has 0 atom stereocenters. The molecule has 0 bridgehead atoms. The van der Waals surface area contributed by atoms with Crippen molar-refractivity contribution in [1.29, 1.82) is 0 Å². The monoisotopic (exact) mass is 307 g/mol. The Morgan fingerprint density at radius 1 is 1.22 bits per heavy atom. The van der Waals surface area contributed by atoms with Crippen LogP contribution in [-0.4, -0.2) is 25.9 Å². The number of hydrogen-bond donors (Lipinski definition) is 1. The number of anilines is 1. The summed E-state index contributed by atoms with van der Waals surface area (Å²) < 4.78 is 5.28. The summed E-state index contributed by atoms with van der Waals surface area (Å²) in [7, 11) is 0. The molecular formula is C16H13N5O2. The molecule has 3 aromatic rings. The van der Waals surface area contributed by atoms with Crippen molar-refractivity contribution in [3.8, 4) is 11.3 Å². The predicted octanol–water partition coefficient (Wildman–Crippen LogP) is 1.87. The molecule has 0 saturated carbocycles. The van der Waals surface area contributed by atoms with Gasteiger partial charge in [-0.3, -0.25) is 4.79 Å². The Bertz CT molecular complexity index is 875. The Balaban J connectivity index is 1.56. The van der Waals surface area contributed by atoms with Crippen LogP contribution in [0.25, 0.3) is 11.3 Å². The summed E-state index contributed by atoms with van der Waals surface area (Å²) in [5, 5.41) is 3.89. The molecule has 0 aliphatic carbocycles. The Labute approximate surface area is 131 Å². The van der Waals surface area contributed by atoms with Crippen molar-refractivity contribution in [2.24, 2.45) is 0 Å². The van der Waals surface area contributed by atoms with Crippen LogP contribution in [-0.2, 0) is 13.1 Å². The highest BCUT2D eigenvalue weighted by molar-refractivity contribution is 5.93. The molecule has 0 saturated heterocycles. The molecule has 0 spiro atoms. The van der Waals surface area contributed by atoms with Crippen LogP contribution in [0.2, 0.25) is 0 Å². The molecule has 2 aromatic heterocycles. The van der Waals surface area contributed by atoms with Crippen LogP contribution >= 0.6 is 0 Å². The molecule has 0 radical (unpaired) electrons. The van der Waals surface area contributed by atoms with E-state index in [0.717, 1.165) is 16.8 Å². The number of benzene rings is 1. The molecule has 1 aromatic carbocycles. The van der Waals surface area contributed by atoms with E-state index >= 15 is 0 Å². The van der Waals surface area contributed by atoms with Crippen molar-refractivity contribution in [3.63, 3.8) is 0 Å². The lowest BCUT2D eigenvalue weighted by molar-refractivity contribution is 0.0740. The van der Waals surface area contributed by atoms with Crippen LogP contribution in [0, 0.1) is 0 Å². The molecule has 0 unspecified atom stereocenters. The second-order valence-corrected chi connectivity index (χ2v) is 5.30. The fourth-order valence-corrected chi connectivity index (χ4v) is 2.59. The lowest BCUT2D eigenvalue weighted by Gasteiger charge is -2.12. The highest BCUT2D eigenvalue weighted by Crippen LogP contribution is 2.25. The van der Waals surface area contributed by atoms with E-state index < -0.39 is 0 Å². The van der Waals surface area contributed by atoms with Crippen molar-refractivity contribution in [2.75, 3.05) is 5.73 Å². The molecule has 1 aliphatic rings. The van der Waals surface area contributed by atoms with Crippen LogP contribution in [0.5, 0.6) is 0 Å². The molecule has 3 heterocycles. The van der Waals surface area contributed by atoms with Gasteiger partial charge in [0.2, 0.25) is 5.95 Å². The van der Waals surface area contributed by atoms with Gasteiger partial charge in [-0.1, -0.05) is 35.5 Å². The van der Waals surface area contributed by atoms with Gasteiger partial charge in [-0.05, 0) is 0 Å². The molecule has 23 heavy (non-hydrogen) atoms. The van der Waals surface area contributed by atoms with Crippen molar-refractivity contribution in [3.05, 3.63) is 59.5 Å². The first-order valence-corrected chi connectivity index (χ1v) is 7.12. The van der Waals surface area contributed by atoms with E-state index in [1.165, 1.54) is 0 Å². The van der Waals surface area contributed by atoms with Gasteiger partial charge < -0.3 is 15.2 Å². The van der Waals surface area contributed by atoms with E-state index in [9.17, 15) is 4.79 Å². The standard InChI is InChI=1S/C16H13N5O2/c17-16-18-7-11-8-21(9-13(11)19-16)15(22)12-6-14(23-20-12)10-4-2-1-3-5-10/h1-7H,8-9H2,(H2,17,18,19). The highest BCUT2D eigenvalue weighted by atomic mass is 16.5. The number of amides is 1. The summed E-state index contributed by atoms with van der Waals surface area (Å²) >= 11 is 0. The van der Waals surface area contributed by atoms with Crippen molar-refractivity contribution in [2.45, 2.75) is 13.1 Å². The zero-order chi connectivity index (χ0) is 15.8. The summed E-state index contributed by atoms with van der Waals surface area (Å²) in [6, 6.07) is 11.2. The maximum atomic E-state index is 12.6. The predicted molar refractivity (Wildman–Crippen MR) is 82.0 cm³/mol. The maximum absolute atomic E-state index is 12.6. The third kappa shape index (κ3) is 2.42. The largest absolute Gasteiger partial charge is 0.368 e. The lowest BCUT2D eigenvalue weighted by Crippen LogP contribution is -2.25. The van der Waals surface area contributed by atoms with Crippen LogP contribution < -0.4 is 5.73 Å². The van der Waals surface area contributed by atoms with E-state index in [1.54, 1.807) is 17.2 Å². The minimum absolute atomic E-state index is 0.201. The van der Waals surface area contributed by atoms with Gasteiger partial charge in [-0.15, -0.1) is 0 Å². The number of nitrogens with two attached hydrogens (primary N) is 1. The Morgan fingerprint density at radius 2 is 2.04 bits per heavy atom. The van der Waals surface area contributed by atoms with E-state index in [2.05, 4.69) is 15.1 Å². The van der Waals surface area contributed by atoms with Gasteiger partial charge in [0.05, 0.1) is 12.2 Å². The van der Waals surface area contributed by atoms with Crippen LogP contribution in [0.3, 0.4) is 0 Å². The second kappa shape index (κ2) is 5.20. The van der Waals surface area contributed by atoms with Crippen molar-refractivity contribution in [1.82, 2.24) is 20.0 Å². The van der Waals surface area contributed by atoms with Gasteiger partial charge in [-0.2, -0.15) is 0 Å². The summed E-state index contributed by atoms with van der Waals surface area (Å²) in [5.74, 6) is 0.577. The molecule has 1 amide bonds. The topological polar surface area (TPSA) is 98.1 Å².